The van der Waals surface area contributed by atoms with Crippen LogP contribution in [0.1, 0.15) is 61.1 Å². The summed E-state index contributed by atoms with van der Waals surface area (Å²) in [4.78, 5) is 29.0. The predicted octanol–water partition coefficient (Wildman–Crippen LogP) is 2.13. The summed E-state index contributed by atoms with van der Waals surface area (Å²) in [7, 11) is 0. The Morgan fingerprint density at radius 1 is 1.22 bits per heavy atom. The van der Waals surface area contributed by atoms with Crippen LogP contribution in [0.3, 0.4) is 0 Å². The van der Waals surface area contributed by atoms with Crippen molar-refractivity contribution in [3.63, 3.8) is 0 Å². The number of rotatable bonds is 3. The molecule has 4 heterocycles. The van der Waals surface area contributed by atoms with Crippen LogP contribution >= 0.6 is 0 Å². The van der Waals surface area contributed by atoms with Gasteiger partial charge < -0.3 is 14.5 Å². The standard InChI is InChI=1S/C20H30N4O3/c1-15-12-17(22-21-15)19(26)24-9-5-20(6-10-24)14-16(4-11-27-20)13-18(25)23-7-2-3-8-23/h12,16H,2-11,13-14H2,1H3,(H,21,22). The Hall–Kier alpha value is -1.89. The molecule has 3 saturated heterocycles. The fourth-order valence-electron chi connectivity index (χ4n) is 4.80. The largest absolute Gasteiger partial charge is 0.375 e. The predicted molar refractivity (Wildman–Crippen MR) is 100 cm³/mol. The summed E-state index contributed by atoms with van der Waals surface area (Å²) in [6.07, 6.45) is 6.53. The highest BCUT2D eigenvalue weighted by Gasteiger charge is 2.42. The molecule has 3 aliphatic heterocycles. The third kappa shape index (κ3) is 4.03. The number of nitrogens with one attached hydrogen (secondary N) is 1. The third-order valence-corrected chi connectivity index (χ3v) is 6.40. The van der Waals surface area contributed by atoms with E-state index in [2.05, 4.69) is 10.2 Å². The first-order valence-electron chi connectivity index (χ1n) is 10.3. The van der Waals surface area contributed by atoms with Crippen molar-refractivity contribution in [2.75, 3.05) is 32.8 Å². The quantitative estimate of drug-likeness (QED) is 0.879. The number of amides is 2. The fourth-order valence-corrected chi connectivity index (χ4v) is 4.80. The van der Waals surface area contributed by atoms with Gasteiger partial charge in [0.05, 0.1) is 5.60 Å². The van der Waals surface area contributed by atoms with E-state index in [0.29, 0.717) is 37.0 Å². The van der Waals surface area contributed by atoms with Crippen molar-refractivity contribution in [2.24, 2.45) is 5.92 Å². The van der Waals surface area contributed by atoms with E-state index in [1.807, 2.05) is 16.7 Å². The van der Waals surface area contributed by atoms with Gasteiger partial charge in [-0.3, -0.25) is 14.7 Å². The molecule has 0 aromatic carbocycles. The number of aromatic nitrogens is 2. The number of carbonyl (C=O) groups excluding carboxylic acids is 2. The molecule has 3 aliphatic rings. The molecule has 0 bridgehead atoms. The van der Waals surface area contributed by atoms with Gasteiger partial charge >= 0.3 is 0 Å². The molecular formula is C20H30N4O3. The molecule has 1 spiro atoms. The van der Waals surface area contributed by atoms with Crippen LogP contribution in [0.2, 0.25) is 0 Å². The normalized spacial score (nSPS) is 25.1. The smallest absolute Gasteiger partial charge is 0.274 e. The van der Waals surface area contributed by atoms with E-state index in [4.69, 9.17) is 4.74 Å². The summed E-state index contributed by atoms with van der Waals surface area (Å²) < 4.78 is 6.20. The summed E-state index contributed by atoms with van der Waals surface area (Å²) in [5, 5.41) is 6.92. The molecule has 0 aliphatic carbocycles. The second-order valence-electron chi connectivity index (χ2n) is 8.41. The summed E-state index contributed by atoms with van der Waals surface area (Å²) in [5.41, 5.74) is 1.22. The van der Waals surface area contributed by atoms with Crippen LogP contribution < -0.4 is 0 Å². The van der Waals surface area contributed by atoms with Crippen molar-refractivity contribution in [3.05, 3.63) is 17.5 Å². The number of aromatic amines is 1. The van der Waals surface area contributed by atoms with Crippen molar-refractivity contribution in [3.8, 4) is 0 Å². The van der Waals surface area contributed by atoms with Crippen LogP contribution in [0.15, 0.2) is 6.07 Å². The van der Waals surface area contributed by atoms with Gasteiger partial charge in [-0.2, -0.15) is 5.10 Å². The Morgan fingerprint density at radius 3 is 2.63 bits per heavy atom. The van der Waals surface area contributed by atoms with E-state index in [-0.39, 0.29) is 11.5 Å². The van der Waals surface area contributed by atoms with Gasteiger partial charge in [-0.05, 0) is 57.4 Å². The number of carbonyl (C=O) groups is 2. The zero-order valence-corrected chi connectivity index (χ0v) is 16.2. The summed E-state index contributed by atoms with van der Waals surface area (Å²) in [5.74, 6) is 0.713. The van der Waals surface area contributed by atoms with Gasteiger partial charge in [0, 0.05) is 44.9 Å². The highest BCUT2D eigenvalue weighted by atomic mass is 16.5. The van der Waals surface area contributed by atoms with Crippen LogP contribution in [0.5, 0.6) is 0 Å². The van der Waals surface area contributed by atoms with Crippen LogP contribution in [-0.2, 0) is 9.53 Å². The number of ether oxygens (including phenoxy) is 1. The van der Waals surface area contributed by atoms with Gasteiger partial charge in [-0.1, -0.05) is 0 Å². The summed E-state index contributed by atoms with van der Waals surface area (Å²) in [6, 6.07) is 1.80. The zero-order chi connectivity index (χ0) is 18.9. The van der Waals surface area contributed by atoms with Gasteiger partial charge in [0.1, 0.15) is 5.69 Å². The first-order chi connectivity index (χ1) is 13.0. The first kappa shape index (κ1) is 18.5. The van der Waals surface area contributed by atoms with E-state index in [1.54, 1.807) is 6.07 Å². The minimum atomic E-state index is -0.160. The number of H-pyrrole nitrogens is 1. The molecule has 4 rings (SSSR count). The monoisotopic (exact) mass is 374 g/mol. The van der Waals surface area contributed by atoms with E-state index in [9.17, 15) is 9.59 Å². The summed E-state index contributed by atoms with van der Waals surface area (Å²) >= 11 is 0. The maximum absolute atomic E-state index is 12.6. The van der Waals surface area contributed by atoms with Crippen LogP contribution in [0.25, 0.3) is 0 Å². The molecule has 1 aromatic rings. The Labute approximate surface area is 160 Å². The second kappa shape index (κ2) is 7.62. The number of piperidine rings is 1. The molecule has 148 valence electrons. The third-order valence-electron chi connectivity index (χ3n) is 6.40. The zero-order valence-electron chi connectivity index (χ0n) is 16.2. The average molecular weight is 374 g/mol. The number of likely N-dealkylation sites (tertiary alicyclic amines) is 2. The van der Waals surface area contributed by atoms with Gasteiger partial charge in [0.15, 0.2) is 0 Å². The van der Waals surface area contributed by atoms with Crippen molar-refractivity contribution in [2.45, 2.75) is 57.5 Å². The van der Waals surface area contributed by atoms with Crippen LogP contribution in [0, 0.1) is 12.8 Å². The molecule has 0 radical (unpaired) electrons. The Morgan fingerprint density at radius 2 is 1.96 bits per heavy atom. The van der Waals surface area contributed by atoms with E-state index < -0.39 is 0 Å². The molecule has 2 amide bonds. The summed E-state index contributed by atoms with van der Waals surface area (Å²) in [6.45, 7) is 5.86. The number of hydrogen-bond donors (Lipinski definition) is 1. The molecule has 7 heteroatoms. The number of hydrogen-bond acceptors (Lipinski definition) is 4. The maximum atomic E-state index is 12.6. The molecule has 1 unspecified atom stereocenters. The number of nitrogens with zero attached hydrogens (tertiary/aromatic N) is 3. The Balaban J connectivity index is 1.31. The van der Waals surface area contributed by atoms with Gasteiger partial charge in [0.2, 0.25) is 5.91 Å². The molecule has 0 saturated carbocycles. The SMILES string of the molecule is Cc1cc(C(=O)N2CCC3(CC2)CC(CC(=O)N2CCCC2)CCO3)n[nH]1. The van der Waals surface area contributed by atoms with Gasteiger partial charge in [-0.15, -0.1) is 0 Å². The molecule has 1 atom stereocenters. The number of aryl methyl sites for hydroxylation is 1. The van der Waals surface area contributed by atoms with E-state index in [0.717, 1.165) is 63.9 Å². The average Bonchev–Trinajstić information content (AvgIpc) is 3.34. The van der Waals surface area contributed by atoms with E-state index in [1.165, 1.54) is 0 Å². The highest BCUT2D eigenvalue weighted by molar-refractivity contribution is 5.92. The lowest BCUT2D eigenvalue weighted by atomic mass is 9.78. The van der Waals surface area contributed by atoms with Crippen LogP contribution in [-0.4, -0.2) is 70.2 Å². The Kier molecular flexibility index (Phi) is 5.21. The van der Waals surface area contributed by atoms with Gasteiger partial charge in [0.25, 0.3) is 5.91 Å². The second-order valence-corrected chi connectivity index (χ2v) is 8.41. The van der Waals surface area contributed by atoms with Crippen molar-refractivity contribution < 1.29 is 14.3 Å². The molecule has 3 fully saturated rings. The molecule has 27 heavy (non-hydrogen) atoms. The fraction of sp³-hybridized carbons (Fsp3) is 0.750. The lowest BCUT2D eigenvalue weighted by Crippen LogP contribution is -2.51. The van der Waals surface area contributed by atoms with Crippen molar-refractivity contribution in [1.82, 2.24) is 20.0 Å². The van der Waals surface area contributed by atoms with Crippen LogP contribution in [0.4, 0.5) is 0 Å². The first-order valence-corrected chi connectivity index (χ1v) is 10.3. The van der Waals surface area contributed by atoms with Gasteiger partial charge in [-0.25, -0.2) is 0 Å². The van der Waals surface area contributed by atoms with E-state index >= 15 is 0 Å². The molecule has 1 aromatic heterocycles. The maximum Gasteiger partial charge on any atom is 0.274 e. The highest BCUT2D eigenvalue weighted by Crippen LogP contribution is 2.39. The molecule has 7 nitrogen and oxygen atoms in total. The van der Waals surface area contributed by atoms with Crippen molar-refractivity contribution >= 4 is 11.8 Å². The Bertz CT molecular complexity index is 687. The molecular weight excluding hydrogens is 344 g/mol. The topological polar surface area (TPSA) is 78.5 Å². The minimum absolute atomic E-state index is 0.00855. The minimum Gasteiger partial charge on any atom is -0.375 e. The lowest BCUT2D eigenvalue weighted by Gasteiger charge is -2.46. The lowest BCUT2D eigenvalue weighted by molar-refractivity contribution is -0.140. The van der Waals surface area contributed by atoms with Crippen molar-refractivity contribution in [1.29, 1.82) is 0 Å². The molecule has 1 N–H and O–H groups in total.